The van der Waals surface area contributed by atoms with E-state index in [9.17, 15) is 27.5 Å². The van der Waals surface area contributed by atoms with E-state index >= 15 is 0 Å². The van der Waals surface area contributed by atoms with E-state index in [0.717, 1.165) is 23.3 Å². The van der Waals surface area contributed by atoms with Crippen molar-refractivity contribution in [3.8, 4) is 11.1 Å². The van der Waals surface area contributed by atoms with Crippen LogP contribution >= 0.6 is 11.6 Å². The number of aliphatic imine (C=N–C) groups is 1. The number of hydrogen-bond donors (Lipinski definition) is 1. The number of nitrogens with zero attached hydrogens (tertiary/aromatic N) is 2. The molecule has 4 aromatic rings. The molecule has 1 N–H and O–H groups in total. The summed E-state index contributed by atoms with van der Waals surface area (Å²) in [7, 11) is 0. The number of halogens is 5. The van der Waals surface area contributed by atoms with Gasteiger partial charge in [-0.05, 0) is 47.5 Å². The lowest BCUT2D eigenvalue weighted by atomic mass is 9.94. The summed E-state index contributed by atoms with van der Waals surface area (Å²) < 4.78 is 55.7. The van der Waals surface area contributed by atoms with Gasteiger partial charge in [-0.25, -0.2) is 9.38 Å². The summed E-state index contributed by atoms with van der Waals surface area (Å²) >= 11 is 6.11. The van der Waals surface area contributed by atoms with E-state index in [2.05, 4.69) is 4.99 Å². The molecule has 38 heavy (non-hydrogen) atoms. The van der Waals surface area contributed by atoms with Gasteiger partial charge in [0, 0.05) is 21.8 Å². The first-order valence-electron chi connectivity index (χ1n) is 11.5. The van der Waals surface area contributed by atoms with Crippen molar-refractivity contribution in [1.29, 1.82) is 0 Å². The number of hydrogen-bond acceptors (Lipinski definition) is 3. The summed E-state index contributed by atoms with van der Waals surface area (Å²) in [4.78, 5) is 17.8. The highest BCUT2D eigenvalue weighted by atomic mass is 35.5. The fraction of sp³-hybridized carbons (Fsp3) is 0.103. The minimum absolute atomic E-state index is 0.0455. The van der Waals surface area contributed by atoms with Gasteiger partial charge in [0.15, 0.2) is 0 Å². The predicted molar refractivity (Wildman–Crippen MR) is 138 cm³/mol. The molecule has 1 unspecified atom stereocenters. The fourth-order valence-electron chi connectivity index (χ4n) is 4.55. The molecule has 0 fully saturated rings. The van der Waals surface area contributed by atoms with Crippen LogP contribution in [0.2, 0.25) is 5.02 Å². The molecule has 9 heteroatoms. The van der Waals surface area contributed by atoms with Gasteiger partial charge < -0.3 is 10.0 Å². The van der Waals surface area contributed by atoms with Gasteiger partial charge >= 0.3 is 12.1 Å². The van der Waals surface area contributed by atoms with Crippen molar-refractivity contribution < 1.29 is 27.5 Å². The van der Waals surface area contributed by atoms with Gasteiger partial charge in [-0.15, -0.1) is 0 Å². The Kier molecular flexibility index (Phi) is 6.67. The van der Waals surface area contributed by atoms with Gasteiger partial charge in [-0.2, -0.15) is 13.2 Å². The van der Waals surface area contributed by atoms with Crippen LogP contribution in [0.5, 0.6) is 0 Å². The second-order valence-electron chi connectivity index (χ2n) is 8.73. The van der Waals surface area contributed by atoms with E-state index in [-0.39, 0.29) is 22.8 Å². The van der Waals surface area contributed by atoms with E-state index < -0.39 is 36.0 Å². The van der Waals surface area contributed by atoms with Crippen molar-refractivity contribution in [1.82, 2.24) is 0 Å². The first-order valence-corrected chi connectivity index (χ1v) is 11.9. The molecule has 1 aliphatic heterocycles. The zero-order valence-corrected chi connectivity index (χ0v) is 20.3. The Balaban J connectivity index is 1.69. The van der Waals surface area contributed by atoms with Gasteiger partial charge in [0.1, 0.15) is 17.3 Å². The van der Waals surface area contributed by atoms with Crippen molar-refractivity contribution in [3.63, 3.8) is 0 Å². The van der Waals surface area contributed by atoms with E-state index in [4.69, 9.17) is 11.6 Å². The Bertz CT molecular complexity index is 1550. The summed E-state index contributed by atoms with van der Waals surface area (Å²) in [5.74, 6) is -1.72. The number of benzene rings is 4. The largest absolute Gasteiger partial charge is 0.481 e. The Morgan fingerprint density at radius 2 is 1.58 bits per heavy atom. The quantitative estimate of drug-likeness (QED) is 0.260. The Labute approximate surface area is 220 Å². The minimum Gasteiger partial charge on any atom is -0.481 e. The first-order chi connectivity index (χ1) is 18.1. The number of alkyl halides is 3. The summed E-state index contributed by atoms with van der Waals surface area (Å²) in [5.41, 5.74) is 1.55. The Morgan fingerprint density at radius 1 is 0.895 bits per heavy atom. The molecule has 0 aromatic heterocycles. The average molecular weight is 539 g/mol. The number of rotatable bonds is 5. The predicted octanol–water partition coefficient (Wildman–Crippen LogP) is 8.28. The molecule has 0 saturated heterocycles. The molecule has 192 valence electrons. The highest BCUT2D eigenvalue weighted by molar-refractivity contribution is 6.30. The number of carboxylic acids is 1. The molecule has 0 radical (unpaired) electrons. The maximum absolute atomic E-state index is 14.9. The van der Waals surface area contributed by atoms with Crippen LogP contribution in [-0.4, -0.2) is 16.9 Å². The van der Waals surface area contributed by atoms with Crippen LogP contribution in [-0.2, 0) is 11.0 Å². The number of anilines is 1. The smallest absolute Gasteiger partial charge is 0.416 e. The van der Waals surface area contributed by atoms with Crippen LogP contribution in [0.4, 0.5) is 28.9 Å². The van der Waals surface area contributed by atoms with Crippen molar-refractivity contribution in [2.75, 3.05) is 4.90 Å². The van der Waals surface area contributed by atoms with E-state index in [1.807, 2.05) is 12.1 Å². The molecule has 0 bridgehead atoms. The Morgan fingerprint density at radius 3 is 2.26 bits per heavy atom. The van der Waals surface area contributed by atoms with Crippen LogP contribution in [0.25, 0.3) is 11.1 Å². The van der Waals surface area contributed by atoms with E-state index in [1.54, 1.807) is 36.4 Å². The normalized spacial score (nSPS) is 15.1. The minimum atomic E-state index is -4.62. The molecule has 1 heterocycles. The topological polar surface area (TPSA) is 52.9 Å². The summed E-state index contributed by atoms with van der Waals surface area (Å²) in [6.45, 7) is 0. The third kappa shape index (κ3) is 4.99. The molecular weight excluding hydrogens is 520 g/mol. The maximum atomic E-state index is 14.9. The third-order valence-electron chi connectivity index (χ3n) is 6.26. The zero-order valence-electron chi connectivity index (χ0n) is 19.6. The summed E-state index contributed by atoms with van der Waals surface area (Å²) in [5, 5.41) is 10.3. The van der Waals surface area contributed by atoms with Gasteiger partial charge in [0.25, 0.3) is 0 Å². The van der Waals surface area contributed by atoms with Crippen molar-refractivity contribution in [3.05, 3.63) is 119 Å². The van der Waals surface area contributed by atoms with Gasteiger partial charge in [-0.3, -0.25) is 4.79 Å². The summed E-state index contributed by atoms with van der Waals surface area (Å²) in [6, 6.07) is 21.9. The van der Waals surface area contributed by atoms with Gasteiger partial charge in [0.05, 0.1) is 18.0 Å². The van der Waals surface area contributed by atoms with Crippen LogP contribution in [0.15, 0.2) is 96.0 Å². The molecule has 1 atom stereocenters. The lowest BCUT2D eigenvalue weighted by molar-refractivity contribution is -0.138. The molecule has 5 rings (SSSR count). The van der Waals surface area contributed by atoms with E-state index in [1.165, 1.54) is 35.2 Å². The molecule has 0 saturated carbocycles. The molecule has 1 aliphatic rings. The number of fused-ring (bicyclic) bond motifs is 1. The average Bonchev–Trinajstić information content (AvgIpc) is 2.88. The lowest BCUT2D eigenvalue weighted by Crippen LogP contribution is -2.39. The monoisotopic (exact) mass is 538 g/mol. The Hall–Kier alpha value is -4.17. The molecule has 0 aliphatic carbocycles. The zero-order chi connectivity index (χ0) is 27.0. The number of para-hydroxylation sites is 1. The maximum Gasteiger partial charge on any atom is 0.416 e. The molecule has 4 aromatic carbocycles. The van der Waals surface area contributed by atoms with E-state index in [0.29, 0.717) is 10.6 Å². The van der Waals surface area contributed by atoms with Crippen LogP contribution in [0.3, 0.4) is 0 Å². The molecule has 4 nitrogen and oxygen atoms in total. The molecule has 0 spiro atoms. The standard InChI is InChI=1S/C29H19ClF4N2O2/c30-21-6-1-4-19(14-21)17-10-12-18(13-11-17)28-35-27-23(8-3-9-24(27)31)25(16-26(37)38)36(28)22-7-2-5-20(15-22)29(32,33)34/h1-15,25H,16H2,(H,37,38). The number of carboxylic acid groups (broad SMARTS) is 1. The second-order valence-corrected chi connectivity index (χ2v) is 9.17. The van der Waals surface area contributed by atoms with Crippen molar-refractivity contribution in [2.45, 2.75) is 18.6 Å². The number of amidine groups is 1. The SMILES string of the molecule is O=C(O)CC1c2cccc(F)c2N=C(c2ccc(-c3cccc(Cl)c3)cc2)N1c1cccc(C(F)(F)F)c1. The van der Waals surface area contributed by atoms with Crippen LogP contribution < -0.4 is 4.90 Å². The van der Waals surface area contributed by atoms with Crippen molar-refractivity contribution in [2.24, 2.45) is 4.99 Å². The summed E-state index contributed by atoms with van der Waals surface area (Å²) in [6.07, 6.45) is -5.11. The molecule has 0 amide bonds. The highest BCUT2D eigenvalue weighted by Gasteiger charge is 2.37. The van der Waals surface area contributed by atoms with Crippen LogP contribution in [0, 0.1) is 5.82 Å². The lowest BCUT2D eigenvalue weighted by Gasteiger charge is -2.38. The first kappa shape index (κ1) is 25.5. The number of aliphatic carboxylic acids is 1. The van der Waals surface area contributed by atoms with Gasteiger partial charge in [0.2, 0.25) is 0 Å². The molecular formula is C29H19ClF4N2O2. The highest BCUT2D eigenvalue weighted by Crippen LogP contribution is 2.43. The fourth-order valence-corrected chi connectivity index (χ4v) is 4.74. The third-order valence-corrected chi connectivity index (χ3v) is 6.49. The van der Waals surface area contributed by atoms with Gasteiger partial charge in [-0.1, -0.05) is 66.2 Å². The van der Waals surface area contributed by atoms with Crippen LogP contribution in [0.1, 0.15) is 29.2 Å². The second kappa shape index (κ2) is 9.95. The van der Waals surface area contributed by atoms with Crippen molar-refractivity contribution >= 4 is 34.8 Å². The number of carbonyl (C=O) groups is 1.